The monoisotopic (exact) mass is 191 g/mol. The largest absolute Gasteiger partial charge is 0.400 e. The number of terminal acetylenes is 1. The number of nitrogens with zero attached hydrogens (tertiary/aromatic N) is 2. The number of nitrogens with one attached hydrogen (secondary N) is 1. The average molecular weight is 191 g/mol. The summed E-state index contributed by atoms with van der Waals surface area (Å²) in [6.45, 7) is 1.33. The van der Waals surface area contributed by atoms with Crippen LogP contribution in [0.4, 0.5) is 0 Å². The highest BCUT2D eigenvalue weighted by atomic mass is 16.7. The smallest absolute Gasteiger partial charge is 0.175 e. The topological polar surface area (TPSA) is 39.1 Å². The molecule has 0 spiro atoms. The molecule has 1 atom stereocenters. The highest BCUT2D eigenvalue weighted by Gasteiger charge is 2.20. The lowest BCUT2D eigenvalue weighted by Crippen LogP contribution is -2.20. The van der Waals surface area contributed by atoms with Gasteiger partial charge in [0.05, 0.1) is 17.9 Å². The van der Waals surface area contributed by atoms with Crippen molar-refractivity contribution in [3.8, 4) is 12.3 Å². The second kappa shape index (κ2) is 4.16. The molecule has 0 amide bonds. The fraction of sp³-hybridized carbons (Fsp3) is 0.500. The summed E-state index contributed by atoms with van der Waals surface area (Å²) in [7, 11) is 0. The standard InChI is InChI=1S/C10H13N3O/c1-2-6-14-13-8-11-7-10(13)9-4-3-5-12-9/h1,7-9,12H,3-6H2. The predicted octanol–water partition coefficient (Wildman–Crippen LogP) is 0.369. The van der Waals surface area contributed by atoms with Crippen LogP contribution in [-0.4, -0.2) is 22.9 Å². The number of imidazole rings is 1. The first kappa shape index (κ1) is 9.10. The van der Waals surface area contributed by atoms with Gasteiger partial charge in [-0.05, 0) is 19.4 Å². The van der Waals surface area contributed by atoms with Crippen LogP contribution in [-0.2, 0) is 0 Å². The quantitative estimate of drug-likeness (QED) is 0.701. The van der Waals surface area contributed by atoms with Gasteiger partial charge in [-0.1, -0.05) is 5.92 Å². The van der Waals surface area contributed by atoms with Crippen molar-refractivity contribution < 1.29 is 4.84 Å². The van der Waals surface area contributed by atoms with Gasteiger partial charge in [0.25, 0.3) is 0 Å². The zero-order valence-electron chi connectivity index (χ0n) is 7.94. The summed E-state index contributed by atoms with van der Waals surface area (Å²) in [6.07, 6.45) is 10.9. The lowest BCUT2D eigenvalue weighted by Gasteiger charge is -2.12. The van der Waals surface area contributed by atoms with Crippen LogP contribution in [0.25, 0.3) is 0 Å². The maximum absolute atomic E-state index is 5.32. The van der Waals surface area contributed by atoms with Gasteiger partial charge in [0.1, 0.15) is 6.33 Å². The molecule has 0 aliphatic carbocycles. The molecule has 1 aliphatic rings. The van der Waals surface area contributed by atoms with Gasteiger partial charge in [-0.3, -0.25) is 0 Å². The van der Waals surface area contributed by atoms with Crippen LogP contribution >= 0.6 is 0 Å². The molecule has 1 aromatic rings. The Balaban J connectivity index is 2.08. The highest BCUT2D eigenvalue weighted by Crippen LogP contribution is 2.21. The first-order chi connectivity index (χ1) is 6.92. The van der Waals surface area contributed by atoms with E-state index < -0.39 is 0 Å². The lowest BCUT2D eigenvalue weighted by atomic mass is 10.2. The molecule has 14 heavy (non-hydrogen) atoms. The van der Waals surface area contributed by atoms with Crippen molar-refractivity contribution in [1.29, 1.82) is 0 Å². The Labute approximate surface area is 83.2 Å². The molecule has 1 aromatic heterocycles. The number of rotatable bonds is 3. The molecular weight excluding hydrogens is 178 g/mol. The molecule has 2 heterocycles. The van der Waals surface area contributed by atoms with E-state index in [-0.39, 0.29) is 6.61 Å². The molecule has 74 valence electrons. The Morgan fingerprint density at radius 3 is 3.43 bits per heavy atom. The third-order valence-electron chi connectivity index (χ3n) is 2.34. The summed E-state index contributed by atoms with van der Waals surface area (Å²) in [5.41, 5.74) is 1.05. The van der Waals surface area contributed by atoms with E-state index in [9.17, 15) is 0 Å². The Hall–Kier alpha value is -1.47. The van der Waals surface area contributed by atoms with Crippen LogP contribution < -0.4 is 10.2 Å². The minimum Gasteiger partial charge on any atom is -0.400 e. The summed E-state index contributed by atoms with van der Waals surface area (Å²) in [4.78, 5) is 9.37. The van der Waals surface area contributed by atoms with Gasteiger partial charge in [0.15, 0.2) is 6.61 Å². The Morgan fingerprint density at radius 1 is 1.79 bits per heavy atom. The molecule has 4 nitrogen and oxygen atoms in total. The molecule has 1 unspecified atom stereocenters. The molecule has 0 bridgehead atoms. The maximum Gasteiger partial charge on any atom is 0.175 e. The molecule has 0 saturated carbocycles. The second-order valence-corrected chi connectivity index (χ2v) is 3.27. The molecule has 0 radical (unpaired) electrons. The van der Waals surface area contributed by atoms with Gasteiger partial charge in [0, 0.05) is 0 Å². The zero-order valence-corrected chi connectivity index (χ0v) is 7.94. The zero-order chi connectivity index (χ0) is 9.80. The van der Waals surface area contributed by atoms with E-state index in [1.807, 2.05) is 6.20 Å². The minimum absolute atomic E-state index is 0.274. The molecule has 4 heteroatoms. The third-order valence-corrected chi connectivity index (χ3v) is 2.34. The van der Waals surface area contributed by atoms with E-state index in [0.29, 0.717) is 6.04 Å². The predicted molar refractivity (Wildman–Crippen MR) is 52.5 cm³/mol. The normalized spacial score (nSPS) is 20.6. The van der Waals surface area contributed by atoms with Crippen LogP contribution in [0.3, 0.4) is 0 Å². The van der Waals surface area contributed by atoms with Crippen molar-refractivity contribution in [2.75, 3.05) is 13.2 Å². The Kier molecular flexibility index (Phi) is 2.70. The van der Waals surface area contributed by atoms with Gasteiger partial charge in [-0.15, -0.1) is 6.42 Å². The van der Waals surface area contributed by atoms with Crippen LogP contribution in [0, 0.1) is 12.3 Å². The van der Waals surface area contributed by atoms with Crippen molar-refractivity contribution >= 4 is 0 Å². The van der Waals surface area contributed by atoms with Gasteiger partial charge in [0.2, 0.25) is 0 Å². The third kappa shape index (κ3) is 1.73. The molecule has 1 aliphatic heterocycles. The van der Waals surface area contributed by atoms with Crippen molar-refractivity contribution in [3.05, 3.63) is 18.2 Å². The molecule has 0 aromatic carbocycles. The lowest BCUT2D eigenvalue weighted by molar-refractivity contribution is 0.128. The van der Waals surface area contributed by atoms with Gasteiger partial charge < -0.3 is 10.2 Å². The summed E-state index contributed by atoms with van der Waals surface area (Å²) in [5.74, 6) is 2.43. The van der Waals surface area contributed by atoms with E-state index in [2.05, 4.69) is 16.2 Å². The molecule has 1 N–H and O–H groups in total. The Morgan fingerprint density at radius 2 is 2.71 bits per heavy atom. The summed E-state index contributed by atoms with van der Waals surface area (Å²) in [5, 5.41) is 3.38. The number of hydrogen-bond donors (Lipinski definition) is 1. The molecule has 2 rings (SSSR count). The summed E-state index contributed by atoms with van der Waals surface area (Å²) < 4.78 is 1.66. The highest BCUT2D eigenvalue weighted by molar-refractivity contribution is 5.05. The average Bonchev–Trinajstić information content (AvgIpc) is 2.84. The van der Waals surface area contributed by atoms with E-state index in [0.717, 1.165) is 18.7 Å². The fourth-order valence-corrected chi connectivity index (χ4v) is 1.69. The van der Waals surface area contributed by atoms with Crippen LogP contribution in [0.15, 0.2) is 12.5 Å². The van der Waals surface area contributed by atoms with E-state index in [1.165, 1.54) is 6.42 Å². The number of hydrogen-bond acceptors (Lipinski definition) is 3. The first-order valence-corrected chi connectivity index (χ1v) is 4.74. The number of aromatic nitrogens is 2. The minimum atomic E-state index is 0.274. The second-order valence-electron chi connectivity index (χ2n) is 3.27. The first-order valence-electron chi connectivity index (χ1n) is 4.74. The van der Waals surface area contributed by atoms with Crippen molar-refractivity contribution in [2.24, 2.45) is 0 Å². The van der Waals surface area contributed by atoms with Crippen LogP contribution in [0.2, 0.25) is 0 Å². The van der Waals surface area contributed by atoms with Gasteiger partial charge in [-0.25, -0.2) is 4.98 Å². The van der Waals surface area contributed by atoms with E-state index in [1.54, 1.807) is 11.1 Å². The molecular formula is C10H13N3O. The van der Waals surface area contributed by atoms with Crippen molar-refractivity contribution in [2.45, 2.75) is 18.9 Å². The summed E-state index contributed by atoms with van der Waals surface area (Å²) in [6, 6.07) is 0.357. The molecule has 1 fully saturated rings. The maximum atomic E-state index is 5.32. The van der Waals surface area contributed by atoms with Gasteiger partial charge >= 0.3 is 0 Å². The molecule has 1 saturated heterocycles. The summed E-state index contributed by atoms with van der Waals surface area (Å²) >= 11 is 0. The Bertz CT molecular complexity index is 333. The van der Waals surface area contributed by atoms with Crippen molar-refractivity contribution in [3.63, 3.8) is 0 Å². The van der Waals surface area contributed by atoms with Crippen molar-refractivity contribution in [1.82, 2.24) is 15.0 Å². The van der Waals surface area contributed by atoms with E-state index >= 15 is 0 Å². The van der Waals surface area contributed by atoms with Crippen LogP contribution in [0.1, 0.15) is 24.6 Å². The van der Waals surface area contributed by atoms with Gasteiger partial charge in [-0.2, -0.15) is 4.73 Å². The van der Waals surface area contributed by atoms with Crippen LogP contribution in [0.5, 0.6) is 0 Å². The SMILES string of the molecule is C#CCOn1cncc1C1CCCN1. The fourth-order valence-electron chi connectivity index (χ4n) is 1.69. The van der Waals surface area contributed by atoms with E-state index in [4.69, 9.17) is 11.3 Å².